The van der Waals surface area contributed by atoms with Crippen LogP contribution >= 0.6 is 0 Å². The van der Waals surface area contributed by atoms with Crippen LogP contribution in [-0.2, 0) is 0 Å². The number of alkyl halides is 3. The fourth-order valence-corrected chi connectivity index (χ4v) is 0.859. The Morgan fingerprint density at radius 2 is 1.47 bits per heavy atom. The molecule has 0 aliphatic heterocycles. The average molecular weight is 224 g/mol. The number of hydrogen-bond acceptors (Lipinski definition) is 1. The van der Waals surface area contributed by atoms with Crippen molar-refractivity contribution in [3.05, 3.63) is 35.7 Å². The molecule has 0 unspecified atom stereocenters. The summed E-state index contributed by atoms with van der Waals surface area (Å²) >= 11 is 0. The lowest BCUT2D eigenvalue weighted by Crippen LogP contribution is -2.09. The van der Waals surface area contributed by atoms with Crippen molar-refractivity contribution in [2.24, 2.45) is 0 Å². The molecular formula is C9H5F5O. The Hall–Kier alpha value is -1.59. The quantitative estimate of drug-likeness (QED) is 0.723. The van der Waals surface area contributed by atoms with Crippen molar-refractivity contribution in [3.8, 4) is 5.75 Å². The van der Waals surface area contributed by atoms with Crippen LogP contribution in [0, 0.1) is 0 Å². The number of phenolic OH excluding ortho intramolecular Hbond substituents is 1. The number of allylic oxidation sites excluding steroid dienone is 1. The monoisotopic (exact) mass is 224 g/mol. The highest BCUT2D eigenvalue weighted by Crippen LogP contribution is 2.34. The Morgan fingerprint density at radius 3 is 1.87 bits per heavy atom. The number of rotatable bonds is 1. The standard InChI is InChI=1S/C9H5F5O/c10-7(8(11)9(12,13)14)5-1-3-6(15)4-2-5/h1-4,15H. The second-order valence-corrected chi connectivity index (χ2v) is 2.67. The van der Waals surface area contributed by atoms with Gasteiger partial charge >= 0.3 is 6.18 Å². The third kappa shape index (κ3) is 2.68. The van der Waals surface area contributed by atoms with Gasteiger partial charge in [-0.15, -0.1) is 0 Å². The zero-order chi connectivity index (χ0) is 11.6. The van der Waals surface area contributed by atoms with Gasteiger partial charge in [0.2, 0.25) is 5.83 Å². The molecule has 1 N–H and O–H groups in total. The maximum absolute atomic E-state index is 12.9. The Balaban J connectivity index is 3.14. The lowest BCUT2D eigenvalue weighted by Gasteiger charge is -2.05. The number of halogens is 5. The number of benzene rings is 1. The largest absolute Gasteiger partial charge is 0.508 e. The first kappa shape index (κ1) is 11.5. The topological polar surface area (TPSA) is 20.2 Å². The van der Waals surface area contributed by atoms with Crippen LogP contribution in [0.15, 0.2) is 30.1 Å². The summed E-state index contributed by atoms with van der Waals surface area (Å²) in [6, 6.07) is 3.60. The van der Waals surface area contributed by atoms with Crippen LogP contribution in [-0.4, -0.2) is 11.3 Å². The van der Waals surface area contributed by atoms with Gasteiger partial charge in [0.25, 0.3) is 0 Å². The summed E-state index contributed by atoms with van der Waals surface area (Å²) in [7, 11) is 0. The van der Waals surface area contributed by atoms with Crippen LogP contribution in [0.5, 0.6) is 5.75 Å². The molecule has 0 fully saturated rings. The molecular weight excluding hydrogens is 219 g/mol. The van der Waals surface area contributed by atoms with E-state index in [2.05, 4.69) is 0 Å². The second-order valence-electron chi connectivity index (χ2n) is 2.67. The van der Waals surface area contributed by atoms with E-state index < -0.39 is 23.4 Å². The van der Waals surface area contributed by atoms with Gasteiger partial charge in [-0.25, -0.2) is 4.39 Å². The van der Waals surface area contributed by atoms with Crippen molar-refractivity contribution < 1.29 is 27.1 Å². The van der Waals surface area contributed by atoms with Gasteiger partial charge in [-0.3, -0.25) is 0 Å². The van der Waals surface area contributed by atoms with Crippen LogP contribution in [0.2, 0.25) is 0 Å². The lowest BCUT2D eigenvalue weighted by atomic mass is 10.2. The van der Waals surface area contributed by atoms with Gasteiger partial charge in [0.1, 0.15) is 5.75 Å². The van der Waals surface area contributed by atoms with E-state index in [4.69, 9.17) is 5.11 Å². The molecule has 0 aromatic heterocycles. The summed E-state index contributed by atoms with van der Waals surface area (Å²) in [5.41, 5.74) is -0.581. The fraction of sp³-hybridized carbons (Fsp3) is 0.111. The Bertz CT molecular complexity index is 376. The van der Waals surface area contributed by atoms with Gasteiger partial charge in [0.15, 0.2) is 5.83 Å². The predicted octanol–water partition coefficient (Wildman–Crippen LogP) is 3.56. The van der Waals surface area contributed by atoms with Crippen molar-refractivity contribution in [3.63, 3.8) is 0 Å². The molecule has 1 nitrogen and oxygen atoms in total. The van der Waals surface area contributed by atoms with Crippen LogP contribution in [0.1, 0.15) is 5.56 Å². The fourth-order valence-electron chi connectivity index (χ4n) is 0.859. The van der Waals surface area contributed by atoms with Crippen LogP contribution < -0.4 is 0 Å². The normalized spacial score (nSPS) is 13.7. The van der Waals surface area contributed by atoms with E-state index in [9.17, 15) is 22.0 Å². The van der Waals surface area contributed by atoms with Gasteiger partial charge in [-0.2, -0.15) is 17.6 Å². The molecule has 1 aromatic rings. The summed E-state index contributed by atoms with van der Waals surface area (Å²) < 4.78 is 60.5. The van der Waals surface area contributed by atoms with Crippen LogP contribution in [0.3, 0.4) is 0 Å². The van der Waals surface area contributed by atoms with Crippen molar-refractivity contribution in [2.75, 3.05) is 0 Å². The molecule has 15 heavy (non-hydrogen) atoms. The highest BCUT2D eigenvalue weighted by atomic mass is 19.4. The molecule has 6 heteroatoms. The summed E-state index contributed by atoms with van der Waals surface area (Å²) in [4.78, 5) is 0. The second kappa shape index (κ2) is 3.88. The van der Waals surface area contributed by atoms with Crippen molar-refractivity contribution in [1.82, 2.24) is 0 Å². The molecule has 0 saturated heterocycles. The zero-order valence-electron chi connectivity index (χ0n) is 7.15. The van der Waals surface area contributed by atoms with E-state index in [1.165, 1.54) is 0 Å². The molecule has 0 spiro atoms. The van der Waals surface area contributed by atoms with E-state index >= 15 is 0 Å². The van der Waals surface area contributed by atoms with Crippen LogP contribution in [0.25, 0.3) is 5.83 Å². The minimum Gasteiger partial charge on any atom is -0.508 e. The SMILES string of the molecule is Oc1ccc(C(F)=C(F)C(F)(F)F)cc1. The third-order valence-electron chi connectivity index (χ3n) is 1.56. The highest BCUT2D eigenvalue weighted by Gasteiger charge is 2.38. The number of phenols is 1. The minimum absolute atomic E-state index is 0.251. The van der Waals surface area contributed by atoms with Gasteiger partial charge in [0.05, 0.1) is 0 Å². The van der Waals surface area contributed by atoms with Crippen LogP contribution in [0.4, 0.5) is 22.0 Å². The third-order valence-corrected chi connectivity index (χ3v) is 1.56. The predicted molar refractivity (Wildman–Crippen MR) is 43.3 cm³/mol. The molecule has 0 aliphatic carbocycles. The van der Waals surface area contributed by atoms with E-state index in [0.29, 0.717) is 0 Å². The highest BCUT2D eigenvalue weighted by molar-refractivity contribution is 5.62. The van der Waals surface area contributed by atoms with Gasteiger partial charge in [-0.1, -0.05) is 0 Å². The molecule has 0 saturated carbocycles. The first-order chi connectivity index (χ1) is 6.82. The minimum atomic E-state index is -5.35. The first-order valence-corrected chi connectivity index (χ1v) is 3.74. The summed E-state index contributed by atoms with van der Waals surface area (Å²) in [5, 5.41) is 8.78. The molecule has 0 amide bonds. The van der Waals surface area contributed by atoms with E-state index in [-0.39, 0.29) is 5.75 Å². The van der Waals surface area contributed by atoms with E-state index in [1.807, 2.05) is 0 Å². The maximum Gasteiger partial charge on any atom is 0.445 e. The van der Waals surface area contributed by atoms with Crippen molar-refractivity contribution in [2.45, 2.75) is 6.18 Å². The van der Waals surface area contributed by atoms with E-state index in [1.54, 1.807) is 0 Å². The molecule has 1 rings (SSSR count). The molecule has 0 bridgehead atoms. The van der Waals surface area contributed by atoms with Crippen molar-refractivity contribution in [1.29, 1.82) is 0 Å². The number of aromatic hydroxyl groups is 1. The maximum atomic E-state index is 12.9. The Kier molecular flexibility index (Phi) is 2.97. The smallest absolute Gasteiger partial charge is 0.445 e. The Labute approximate surface area is 81.5 Å². The molecule has 0 aliphatic rings. The van der Waals surface area contributed by atoms with Gasteiger partial charge in [-0.05, 0) is 24.3 Å². The number of hydrogen-bond donors (Lipinski definition) is 1. The van der Waals surface area contributed by atoms with Gasteiger partial charge < -0.3 is 5.11 Å². The molecule has 1 aromatic carbocycles. The molecule has 0 radical (unpaired) electrons. The first-order valence-electron chi connectivity index (χ1n) is 3.74. The van der Waals surface area contributed by atoms with Crippen molar-refractivity contribution >= 4 is 5.83 Å². The van der Waals surface area contributed by atoms with Gasteiger partial charge in [0, 0.05) is 5.56 Å². The van der Waals surface area contributed by atoms with E-state index in [0.717, 1.165) is 24.3 Å². The summed E-state index contributed by atoms with van der Waals surface area (Å²) in [5.74, 6) is -5.03. The molecule has 0 atom stereocenters. The lowest BCUT2D eigenvalue weighted by molar-refractivity contribution is -0.108. The average Bonchev–Trinajstić information content (AvgIpc) is 2.15. The zero-order valence-corrected chi connectivity index (χ0v) is 7.15. The summed E-state index contributed by atoms with van der Waals surface area (Å²) in [6.07, 6.45) is -5.35. The molecule has 82 valence electrons. The summed E-state index contributed by atoms with van der Waals surface area (Å²) in [6.45, 7) is 0. The Morgan fingerprint density at radius 1 is 1.00 bits per heavy atom. The molecule has 0 heterocycles.